The standard InChI is InChI=1S/C53H38N4O/c1-2-10-32(11-3-1)50-54-51(35-18-19-40-39-15-7-9-17-46(39)58-47(40)29-35)56-52(55-50)57-45-28-34-13-5-4-12-33(34)27-43(45)42-21-20-41-38-14-6-8-16-44(38)53(48(41)49(42)57)36-23-30-22-31(25-36)26-37(53)24-30/h1-21,27-31,36-37H,22-26H2. The zero-order valence-corrected chi connectivity index (χ0v) is 31.9. The molecule has 4 fully saturated rings. The van der Waals surface area contributed by atoms with Gasteiger partial charge in [-0.05, 0) is 119 Å². The van der Waals surface area contributed by atoms with E-state index < -0.39 is 0 Å². The van der Waals surface area contributed by atoms with E-state index in [9.17, 15) is 0 Å². The molecule has 0 radical (unpaired) electrons. The van der Waals surface area contributed by atoms with Gasteiger partial charge < -0.3 is 4.42 Å². The molecule has 0 unspecified atom stereocenters. The molecule has 5 aliphatic rings. The van der Waals surface area contributed by atoms with Crippen LogP contribution in [0.3, 0.4) is 0 Å². The third-order valence-electron chi connectivity index (χ3n) is 14.8. The Morgan fingerprint density at radius 1 is 0.500 bits per heavy atom. The van der Waals surface area contributed by atoms with Crippen LogP contribution in [0.5, 0.6) is 0 Å². The third kappa shape index (κ3) is 4.08. The number of para-hydroxylation sites is 1. The molecule has 5 nitrogen and oxygen atoms in total. The van der Waals surface area contributed by atoms with Gasteiger partial charge in [0.1, 0.15) is 11.2 Å². The summed E-state index contributed by atoms with van der Waals surface area (Å²) in [5.74, 6) is 4.86. The third-order valence-corrected chi connectivity index (χ3v) is 14.8. The molecule has 4 saturated carbocycles. The molecule has 15 rings (SSSR count). The Morgan fingerprint density at radius 2 is 1.17 bits per heavy atom. The van der Waals surface area contributed by atoms with E-state index in [2.05, 4.69) is 132 Å². The fourth-order valence-electron chi connectivity index (χ4n) is 12.8. The average molecular weight is 747 g/mol. The fraction of sp³-hybridized carbons (Fsp3) is 0.189. The van der Waals surface area contributed by atoms with E-state index >= 15 is 0 Å². The smallest absolute Gasteiger partial charge is 0.238 e. The van der Waals surface area contributed by atoms with E-state index in [-0.39, 0.29) is 5.41 Å². The number of furan rings is 1. The maximum atomic E-state index is 6.40. The van der Waals surface area contributed by atoms with Gasteiger partial charge in [0.2, 0.25) is 5.95 Å². The number of nitrogens with zero attached hydrogens (tertiary/aromatic N) is 4. The summed E-state index contributed by atoms with van der Waals surface area (Å²) in [5.41, 5.74) is 11.7. The Kier molecular flexibility index (Phi) is 6.13. The van der Waals surface area contributed by atoms with Gasteiger partial charge in [-0.2, -0.15) is 9.97 Å². The molecular formula is C53H38N4O. The molecule has 58 heavy (non-hydrogen) atoms. The van der Waals surface area contributed by atoms with Crippen molar-refractivity contribution in [3.8, 4) is 39.9 Å². The normalized spacial score (nSPS) is 22.9. The van der Waals surface area contributed by atoms with Gasteiger partial charge in [-0.25, -0.2) is 4.98 Å². The van der Waals surface area contributed by atoms with Gasteiger partial charge >= 0.3 is 0 Å². The number of hydrogen-bond donors (Lipinski definition) is 0. The number of benzene rings is 7. The van der Waals surface area contributed by atoms with Crippen LogP contribution in [-0.2, 0) is 5.41 Å². The van der Waals surface area contributed by atoms with E-state index in [1.807, 2.05) is 18.2 Å². The van der Waals surface area contributed by atoms with Gasteiger partial charge in [-0.1, -0.05) is 115 Å². The molecule has 4 bridgehead atoms. The summed E-state index contributed by atoms with van der Waals surface area (Å²) < 4.78 is 8.84. The summed E-state index contributed by atoms with van der Waals surface area (Å²) in [6, 6.07) is 52.8. The Morgan fingerprint density at radius 3 is 2.00 bits per heavy atom. The van der Waals surface area contributed by atoms with Crippen molar-refractivity contribution in [3.63, 3.8) is 0 Å². The second-order valence-corrected chi connectivity index (χ2v) is 17.6. The maximum absolute atomic E-state index is 6.40. The van der Waals surface area contributed by atoms with Crippen LogP contribution in [0, 0.1) is 23.7 Å². The number of aromatic nitrogens is 4. The van der Waals surface area contributed by atoms with E-state index in [1.54, 1.807) is 5.56 Å². The lowest BCUT2D eigenvalue weighted by molar-refractivity contribution is -0.0394. The van der Waals surface area contributed by atoms with Crippen LogP contribution in [-0.4, -0.2) is 19.5 Å². The van der Waals surface area contributed by atoms with Crippen molar-refractivity contribution >= 4 is 54.5 Å². The molecule has 7 aromatic carbocycles. The van der Waals surface area contributed by atoms with Gasteiger partial charge in [0.05, 0.1) is 11.0 Å². The fourth-order valence-corrected chi connectivity index (χ4v) is 12.8. The summed E-state index contributed by atoms with van der Waals surface area (Å²) in [4.78, 5) is 16.2. The van der Waals surface area contributed by atoms with Crippen LogP contribution in [0.15, 0.2) is 150 Å². The Balaban J connectivity index is 1.11. The summed E-state index contributed by atoms with van der Waals surface area (Å²) in [6.07, 6.45) is 6.70. The lowest BCUT2D eigenvalue weighted by Gasteiger charge is -2.61. The molecular weight excluding hydrogens is 709 g/mol. The highest BCUT2D eigenvalue weighted by Crippen LogP contribution is 2.70. The second-order valence-electron chi connectivity index (χ2n) is 17.6. The molecule has 5 heteroatoms. The Hall–Kier alpha value is -6.59. The van der Waals surface area contributed by atoms with Crippen LogP contribution < -0.4 is 0 Å². The van der Waals surface area contributed by atoms with Crippen LogP contribution in [0.4, 0.5) is 0 Å². The summed E-state index contributed by atoms with van der Waals surface area (Å²) >= 11 is 0. The highest BCUT2D eigenvalue weighted by Gasteiger charge is 2.62. The molecule has 0 amide bonds. The van der Waals surface area contributed by atoms with Crippen molar-refractivity contribution in [2.45, 2.75) is 37.5 Å². The minimum atomic E-state index is -0.0468. The summed E-state index contributed by atoms with van der Waals surface area (Å²) in [7, 11) is 0. The van der Waals surface area contributed by atoms with E-state index in [0.717, 1.165) is 50.4 Å². The van der Waals surface area contributed by atoms with Gasteiger partial charge in [0.25, 0.3) is 0 Å². The molecule has 0 N–H and O–H groups in total. The summed E-state index contributed by atoms with van der Waals surface area (Å²) in [6.45, 7) is 0. The van der Waals surface area contributed by atoms with Crippen molar-refractivity contribution in [1.29, 1.82) is 0 Å². The Bertz CT molecular complexity index is 3350. The zero-order valence-electron chi connectivity index (χ0n) is 31.9. The molecule has 0 atom stereocenters. The molecule has 3 heterocycles. The molecule has 1 spiro atoms. The van der Waals surface area contributed by atoms with Crippen molar-refractivity contribution in [2.24, 2.45) is 23.7 Å². The molecule has 10 aromatic rings. The van der Waals surface area contributed by atoms with Crippen molar-refractivity contribution in [1.82, 2.24) is 19.5 Å². The second kappa shape index (κ2) is 11.3. The van der Waals surface area contributed by atoms with Crippen LogP contribution in [0.1, 0.15) is 43.2 Å². The highest BCUT2D eigenvalue weighted by atomic mass is 16.3. The Labute approximate surface area is 335 Å². The first-order chi connectivity index (χ1) is 28.7. The minimum Gasteiger partial charge on any atom is -0.456 e. The van der Waals surface area contributed by atoms with Crippen molar-refractivity contribution in [3.05, 3.63) is 157 Å². The van der Waals surface area contributed by atoms with Crippen molar-refractivity contribution < 1.29 is 4.42 Å². The van der Waals surface area contributed by atoms with Gasteiger partial charge in [-0.3, -0.25) is 4.57 Å². The van der Waals surface area contributed by atoms with Crippen LogP contribution >= 0.6 is 0 Å². The van der Waals surface area contributed by atoms with E-state index in [0.29, 0.717) is 29.4 Å². The predicted molar refractivity (Wildman–Crippen MR) is 233 cm³/mol. The quantitative estimate of drug-likeness (QED) is 0.181. The number of fused-ring (bicyclic) bond motifs is 11. The zero-order chi connectivity index (χ0) is 37.7. The van der Waals surface area contributed by atoms with Crippen LogP contribution in [0.25, 0.3) is 94.4 Å². The predicted octanol–water partition coefficient (Wildman–Crippen LogP) is 13.1. The van der Waals surface area contributed by atoms with Gasteiger partial charge in [-0.15, -0.1) is 0 Å². The van der Waals surface area contributed by atoms with Gasteiger partial charge in [0.15, 0.2) is 11.6 Å². The monoisotopic (exact) mass is 746 g/mol. The molecule has 0 aliphatic heterocycles. The van der Waals surface area contributed by atoms with E-state index in [1.165, 1.54) is 75.9 Å². The first kappa shape index (κ1) is 31.5. The highest BCUT2D eigenvalue weighted by molar-refractivity contribution is 6.16. The number of rotatable bonds is 3. The SMILES string of the molecule is c1ccc(-c2nc(-c3ccc4c(c3)oc3ccccc34)nc(-n3c4cc5ccccc5cc4c4ccc5c(c43)C3(c4ccccc4-5)C4CC5CC(C4)CC3C5)n2)cc1. The molecule has 0 saturated heterocycles. The summed E-state index contributed by atoms with van der Waals surface area (Å²) in [5, 5.41) is 7.14. The number of hydrogen-bond acceptors (Lipinski definition) is 4. The van der Waals surface area contributed by atoms with Gasteiger partial charge in [0, 0.05) is 38.1 Å². The molecule has 5 aliphatic carbocycles. The first-order valence-corrected chi connectivity index (χ1v) is 21.0. The lowest BCUT2D eigenvalue weighted by Crippen LogP contribution is -2.55. The maximum Gasteiger partial charge on any atom is 0.238 e. The van der Waals surface area contributed by atoms with Crippen LogP contribution in [0.2, 0.25) is 0 Å². The van der Waals surface area contributed by atoms with E-state index in [4.69, 9.17) is 19.4 Å². The topological polar surface area (TPSA) is 56.7 Å². The molecule has 276 valence electrons. The molecule has 3 aromatic heterocycles. The van der Waals surface area contributed by atoms with Crippen molar-refractivity contribution in [2.75, 3.05) is 0 Å². The first-order valence-electron chi connectivity index (χ1n) is 21.0. The average Bonchev–Trinajstić information content (AvgIpc) is 3.90. The lowest BCUT2D eigenvalue weighted by atomic mass is 9.43. The largest absolute Gasteiger partial charge is 0.456 e. The minimum absolute atomic E-state index is 0.0468.